The first kappa shape index (κ1) is 17.8. The van der Waals surface area contributed by atoms with Gasteiger partial charge in [-0.25, -0.2) is 0 Å². The number of hydrogen-bond donors (Lipinski definition) is 1. The van der Waals surface area contributed by atoms with Crippen molar-refractivity contribution in [1.29, 1.82) is 0 Å². The summed E-state index contributed by atoms with van der Waals surface area (Å²) in [5.41, 5.74) is 1.79. The van der Waals surface area contributed by atoms with Crippen molar-refractivity contribution >= 4 is 63.2 Å². The maximum absolute atomic E-state index is 12.5. The molecule has 1 aromatic carbocycles. The lowest BCUT2D eigenvalue weighted by Crippen LogP contribution is -2.31. The molecule has 2 heterocycles. The molecule has 4 nitrogen and oxygen atoms in total. The predicted octanol–water partition coefficient (Wildman–Crippen LogP) is 4.29. The summed E-state index contributed by atoms with van der Waals surface area (Å²) in [6, 6.07) is 11.5. The van der Waals surface area contributed by atoms with Crippen LogP contribution in [0.5, 0.6) is 0 Å². The molecule has 1 aliphatic heterocycles. The van der Waals surface area contributed by atoms with Crippen molar-refractivity contribution < 1.29 is 9.59 Å². The van der Waals surface area contributed by atoms with Gasteiger partial charge in [-0.15, -0.1) is 11.3 Å². The molecule has 1 N–H and O–H groups in total. The Morgan fingerprint density at radius 1 is 1.28 bits per heavy atom. The predicted molar refractivity (Wildman–Crippen MR) is 109 cm³/mol. The highest BCUT2D eigenvalue weighted by Crippen LogP contribution is 2.33. The Labute approximate surface area is 159 Å². The largest absolute Gasteiger partial charge is 0.326 e. The van der Waals surface area contributed by atoms with Gasteiger partial charge >= 0.3 is 0 Å². The lowest BCUT2D eigenvalue weighted by Gasteiger charge is -2.14. The summed E-state index contributed by atoms with van der Waals surface area (Å²) in [5, 5.41) is 4.83. The van der Waals surface area contributed by atoms with E-state index in [0.717, 1.165) is 16.1 Å². The van der Waals surface area contributed by atoms with E-state index in [1.54, 1.807) is 11.3 Å². The Bertz CT molecular complexity index is 844. The summed E-state index contributed by atoms with van der Waals surface area (Å²) >= 11 is 8.14. The van der Waals surface area contributed by atoms with Crippen molar-refractivity contribution in [2.45, 2.75) is 13.3 Å². The van der Waals surface area contributed by atoms with Crippen LogP contribution in [0.25, 0.3) is 6.08 Å². The molecule has 0 saturated carbocycles. The zero-order valence-corrected chi connectivity index (χ0v) is 16.0. The van der Waals surface area contributed by atoms with Crippen LogP contribution in [0.4, 0.5) is 5.69 Å². The summed E-state index contributed by atoms with van der Waals surface area (Å²) in [4.78, 5) is 27.8. The second-order valence-corrected chi connectivity index (χ2v) is 8.12. The molecule has 0 spiro atoms. The number of anilines is 1. The van der Waals surface area contributed by atoms with Gasteiger partial charge in [0.05, 0.1) is 4.91 Å². The van der Waals surface area contributed by atoms with E-state index in [2.05, 4.69) is 5.32 Å². The molecule has 0 atom stereocenters. The number of thiophene rings is 1. The maximum Gasteiger partial charge on any atom is 0.266 e. The van der Waals surface area contributed by atoms with Gasteiger partial charge in [-0.2, -0.15) is 0 Å². The van der Waals surface area contributed by atoms with Crippen LogP contribution in [-0.4, -0.2) is 27.6 Å². The van der Waals surface area contributed by atoms with Crippen LogP contribution < -0.4 is 5.32 Å². The van der Waals surface area contributed by atoms with E-state index in [1.165, 1.54) is 16.7 Å². The molecule has 0 unspecified atom stereocenters. The number of thiocarbonyl (C=S) groups is 1. The van der Waals surface area contributed by atoms with E-state index in [0.29, 0.717) is 9.23 Å². The Balaban J connectivity index is 1.59. The van der Waals surface area contributed by atoms with Gasteiger partial charge in [0.15, 0.2) is 0 Å². The molecule has 0 bridgehead atoms. The third kappa shape index (κ3) is 4.36. The molecule has 2 amide bonds. The minimum atomic E-state index is -0.134. The van der Waals surface area contributed by atoms with Gasteiger partial charge in [0.25, 0.3) is 5.91 Å². The van der Waals surface area contributed by atoms with E-state index in [1.807, 2.05) is 54.8 Å². The third-order valence-electron chi connectivity index (χ3n) is 3.67. The van der Waals surface area contributed by atoms with E-state index in [4.69, 9.17) is 12.2 Å². The standard InChI is InChI=1S/C18H16N2O2S3/c1-12-5-2-3-7-14(12)19-16(21)8-9-20-17(22)15(25-18(20)23)11-13-6-4-10-24-13/h2-7,10-11H,8-9H2,1H3,(H,19,21)/b15-11-. The van der Waals surface area contributed by atoms with Crippen molar-refractivity contribution in [3.63, 3.8) is 0 Å². The Morgan fingerprint density at radius 2 is 2.08 bits per heavy atom. The molecule has 1 aromatic heterocycles. The van der Waals surface area contributed by atoms with E-state index in [-0.39, 0.29) is 24.8 Å². The summed E-state index contributed by atoms with van der Waals surface area (Å²) in [7, 11) is 0. The fraction of sp³-hybridized carbons (Fsp3) is 0.167. The zero-order chi connectivity index (χ0) is 17.8. The molecule has 25 heavy (non-hydrogen) atoms. The molecule has 1 fully saturated rings. The Hall–Kier alpha value is -1.96. The summed E-state index contributed by atoms with van der Waals surface area (Å²) < 4.78 is 0.497. The average molecular weight is 389 g/mol. The monoisotopic (exact) mass is 388 g/mol. The number of hydrogen-bond acceptors (Lipinski definition) is 5. The van der Waals surface area contributed by atoms with Crippen LogP contribution in [0.1, 0.15) is 16.9 Å². The van der Waals surface area contributed by atoms with Crippen LogP contribution >= 0.6 is 35.3 Å². The number of carbonyl (C=O) groups excluding carboxylic acids is 2. The van der Waals surface area contributed by atoms with Gasteiger partial charge in [-0.3, -0.25) is 14.5 Å². The van der Waals surface area contributed by atoms with Crippen molar-refractivity contribution in [3.8, 4) is 0 Å². The first-order valence-electron chi connectivity index (χ1n) is 7.69. The summed E-state index contributed by atoms with van der Waals surface area (Å²) in [6.45, 7) is 2.22. The van der Waals surface area contributed by atoms with Gasteiger partial charge in [0, 0.05) is 23.5 Å². The highest BCUT2D eigenvalue weighted by atomic mass is 32.2. The minimum absolute atomic E-state index is 0.132. The fourth-order valence-corrected chi connectivity index (χ4v) is 4.37. The Kier molecular flexibility index (Phi) is 5.67. The lowest BCUT2D eigenvalue weighted by atomic mass is 10.2. The number of para-hydroxylation sites is 1. The number of thioether (sulfide) groups is 1. The van der Waals surface area contributed by atoms with Gasteiger partial charge in [-0.1, -0.05) is 48.2 Å². The van der Waals surface area contributed by atoms with Crippen molar-refractivity contribution in [2.24, 2.45) is 0 Å². The number of nitrogens with one attached hydrogen (secondary N) is 1. The smallest absolute Gasteiger partial charge is 0.266 e. The lowest BCUT2D eigenvalue weighted by molar-refractivity contribution is -0.122. The number of carbonyl (C=O) groups is 2. The molecular weight excluding hydrogens is 372 g/mol. The molecular formula is C18H16N2O2S3. The topological polar surface area (TPSA) is 49.4 Å². The third-order valence-corrected chi connectivity index (χ3v) is 5.87. The highest BCUT2D eigenvalue weighted by Gasteiger charge is 2.32. The molecule has 128 valence electrons. The Morgan fingerprint density at radius 3 is 2.80 bits per heavy atom. The summed E-state index contributed by atoms with van der Waals surface area (Å²) in [6.07, 6.45) is 2.05. The first-order valence-corrected chi connectivity index (χ1v) is 9.79. The van der Waals surface area contributed by atoms with Gasteiger partial charge in [-0.05, 0) is 36.1 Å². The molecule has 2 aromatic rings. The van der Waals surface area contributed by atoms with Crippen LogP contribution in [0.15, 0.2) is 46.7 Å². The van der Waals surface area contributed by atoms with Crippen LogP contribution in [-0.2, 0) is 9.59 Å². The minimum Gasteiger partial charge on any atom is -0.326 e. The normalized spacial score (nSPS) is 15.9. The molecule has 1 aliphatic rings. The highest BCUT2D eigenvalue weighted by molar-refractivity contribution is 8.26. The van der Waals surface area contributed by atoms with Gasteiger partial charge in [0.2, 0.25) is 5.91 Å². The van der Waals surface area contributed by atoms with Crippen molar-refractivity contribution in [3.05, 3.63) is 57.1 Å². The first-order chi connectivity index (χ1) is 12.0. The molecule has 0 aliphatic carbocycles. The second-order valence-electron chi connectivity index (χ2n) is 5.46. The van der Waals surface area contributed by atoms with Crippen molar-refractivity contribution in [1.82, 2.24) is 4.90 Å². The molecule has 3 rings (SSSR count). The zero-order valence-electron chi connectivity index (χ0n) is 13.5. The van der Waals surface area contributed by atoms with Gasteiger partial charge < -0.3 is 5.32 Å². The van der Waals surface area contributed by atoms with Crippen molar-refractivity contribution in [2.75, 3.05) is 11.9 Å². The van der Waals surface area contributed by atoms with Crippen LogP contribution in [0.2, 0.25) is 0 Å². The molecule has 0 radical (unpaired) electrons. The van der Waals surface area contributed by atoms with E-state index < -0.39 is 0 Å². The number of aryl methyl sites for hydroxylation is 1. The van der Waals surface area contributed by atoms with Crippen LogP contribution in [0, 0.1) is 6.92 Å². The van der Waals surface area contributed by atoms with Gasteiger partial charge in [0.1, 0.15) is 4.32 Å². The number of nitrogens with zero attached hydrogens (tertiary/aromatic N) is 1. The maximum atomic E-state index is 12.5. The second kappa shape index (κ2) is 7.95. The SMILES string of the molecule is Cc1ccccc1NC(=O)CCN1C(=O)/C(=C/c2cccs2)SC1=S. The number of amides is 2. The average Bonchev–Trinajstić information content (AvgIpc) is 3.18. The van der Waals surface area contributed by atoms with Crippen LogP contribution in [0.3, 0.4) is 0 Å². The van der Waals surface area contributed by atoms with E-state index >= 15 is 0 Å². The summed E-state index contributed by atoms with van der Waals surface area (Å²) in [5.74, 6) is -0.266. The van der Waals surface area contributed by atoms with E-state index in [9.17, 15) is 9.59 Å². The molecule has 7 heteroatoms. The number of rotatable bonds is 5. The quantitative estimate of drug-likeness (QED) is 0.613. The fourth-order valence-electron chi connectivity index (χ4n) is 2.33. The molecule has 1 saturated heterocycles. The number of benzene rings is 1.